The highest BCUT2D eigenvalue weighted by atomic mass is 16.5. The van der Waals surface area contributed by atoms with Gasteiger partial charge in [0.1, 0.15) is 5.75 Å². The summed E-state index contributed by atoms with van der Waals surface area (Å²) in [5.74, 6) is 0.931. The predicted molar refractivity (Wildman–Crippen MR) is 83.4 cm³/mol. The molecule has 0 amide bonds. The highest BCUT2D eigenvalue weighted by Gasteiger charge is 2.22. The van der Waals surface area contributed by atoms with Crippen molar-refractivity contribution in [1.29, 1.82) is 0 Å². The first-order chi connectivity index (χ1) is 9.78. The largest absolute Gasteiger partial charge is 0.497 e. The van der Waals surface area contributed by atoms with Crippen LogP contribution >= 0.6 is 0 Å². The summed E-state index contributed by atoms with van der Waals surface area (Å²) in [7, 11) is 1.72. The first-order valence-electron chi connectivity index (χ1n) is 7.25. The summed E-state index contributed by atoms with van der Waals surface area (Å²) < 4.78 is 5.32. The molecule has 1 heterocycles. The summed E-state index contributed by atoms with van der Waals surface area (Å²) in [6.07, 6.45) is 2.41. The van der Waals surface area contributed by atoms with Crippen LogP contribution in [0, 0.1) is 0 Å². The van der Waals surface area contributed by atoms with Crippen molar-refractivity contribution >= 4 is 5.69 Å². The highest BCUT2D eigenvalue weighted by Crippen LogP contribution is 2.32. The Morgan fingerprint density at radius 1 is 1.15 bits per heavy atom. The third-order valence-corrected chi connectivity index (χ3v) is 4.15. The molecule has 0 saturated carbocycles. The molecule has 3 rings (SSSR count). The van der Waals surface area contributed by atoms with E-state index >= 15 is 0 Å². The number of anilines is 1. The topological polar surface area (TPSA) is 12.5 Å². The van der Waals surface area contributed by atoms with E-state index < -0.39 is 0 Å². The van der Waals surface area contributed by atoms with Crippen LogP contribution in [0.2, 0.25) is 0 Å². The number of aryl methyl sites for hydroxylation is 1. The van der Waals surface area contributed by atoms with Crippen LogP contribution in [-0.2, 0) is 13.0 Å². The van der Waals surface area contributed by atoms with E-state index in [9.17, 15) is 0 Å². The lowest BCUT2D eigenvalue weighted by Gasteiger charge is -2.37. The first-order valence-corrected chi connectivity index (χ1v) is 7.25. The molecule has 0 bridgehead atoms. The van der Waals surface area contributed by atoms with Gasteiger partial charge >= 0.3 is 0 Å². The lowest BCUT2D eigenvalue weighted by Crippen LogP contribution is -2.36. The Morgan fingerprint density at radius 2 is 2.00 bits per heavy atom. The Kier molecular flexibility index (Phi) is 3.64. The lowest BCUT2D eigenvalue weighted by molar-refractivity contribution is 0.414. The zero-order chi connectivity index (χ0) is 13.9. The van der Waals surface area contributed by atoms with Crippen molar-refractivity contribution in [3.8, 4) is 5.75 Å². The Labute approximate surface area is 121 Å². The van der Waals surface area contributed by atoms with Gasteiger partial charge < -0.3 is 9.64 Å². The van der Waals surface area contributed by atoms with Gasteiger partial charge in [0.2, 0.25) is 0 Å². The molecule has 0 aromatic heterocycles. The normalized spacial score (nSPS) is 17.7. The number of methoxy groups -OCH3 is 1. The molecule has 2 aromatic rings. The van der Waals surface area contributed by atoms with Crippen LogP contribution in [-0.4, -0.2) is 13.2 Å². The van der Waals surface area contributed by atoms with Gasteiger partial charge in [-0.15, -0.1) is 0 Å². The molecule has 1 aliphatic heterocycles. The summed E-state index contributed by atoms with van der Waals surface area (Å²) in [4.78, 5) is 2.51. The molecule has 1 unspecified atom stereocenters. The van der Waals surface area contributed by atoms with Gasteiger partial charge in [-0.1, -0.05) is 30.3 Å². The van der Waals surface area contributed by atoms with Gasteiger partial charge in [0.05, 0.1) is 7.11 Å². The molecule has 2 nitrogen and oxygen atoms in total. The predicted octanol–water partition coefficient (Wildman–Crippen LogP) is 4.04. The van der Waals surface area contributed by atoms with Crippen LogP contribution in [0.3, 0.4) is 0 Å². The molecular weight excluding hydrogens is 246 g/mol. The Balaban J connectivity index is 1.89. The summed E-state index contributed by atoms with van der Waals surface area (Å²) in [6.45, 7) is 3.26. The van der Waals surface area contributed by atoms with Crippen molar-refractivity contribution in [1.82, 2.24) is 0 Å². The van der Waals surface area contributed by atoms with E-state index in [2.05, 4.69) is 54.3 Å². The molecule has 0 radical (unpaired) electrons. The average molecular weight is 267 g/mol. The van der Waals surface area contributed by atoms with Gasteiger partial charge in [0.15, 0.2) is 0 Å². The van der Waals surface area contributed by atoms with E-state index in [0.717, 1.165) is 12.3 Å². The molecule has 2 aromatic carbocycles. The number of hydrogen-bond acceptors (Lipinski definition) is 2. The Morgan fingerprint density at radius 3 is 2.85 bits per heavy atom. The minimum atomic E-state index is 0.580. The molecule has 0 spiro atoms. The highest BCUT2D eigenvalue weighted by molar-refractivity contribution is 5.56. The van der Waals surface area contributed by atoms with Crippen molar-refractivity contribution < 1.29 is 4.74 Å². The SMILES string of the molecule is COc1cccc(CN2c3ccccc3CCC2C)c1. The standard InChI is InChI=1S/C18H21NO/c1-14-10-11-16-7-3-4-9-18(16)19(14)13-15-6-5-8-17(12-15)20-2/h3-9,12,14H,10-11,13H2,1-2H3. The second kappa shape index (κ2) is 5.58. The van der Waals surface area contributed by atoms with Crippen LogP contribution in [0.4, 0.5) is 5.69 Å². The number of rotatable bonds is 3. The van der Waals surface area contributed by atoms with Gasteiger partial charge in [-0.25, -0.2) is 0 Å². The first kappa shape index (κ1) is 13.0. The van der Waals surface area contributed by atoms with Crippen molar-refractivity contribution in [3.63, 3.8) is 0 Å². The third kappa shape index (κ3) is 2.51. The zero-order valence-electron chi connectivity index (χ0n) is 12.2. The number of benzene rings is 2. The van der Waals surface area contributed by atoms with Crippen LogP contribution in [0.15, 0.2) is 48.5 Å². The monoisotopic (exact) mass is 267 g/mol. The van der Waals surface area contributed by atoms with Crippen molar-refractivity contribution in [2.45, 2.75) is 32.4 Å². The van der Waals surface area contributed by atoms with Crippen LogP contribution in [0.1, 0.15) is 24.5 Å². The van der Waals surface area contributed by atoms with E-state index in [1.807, 2.05) is 6.07 Å². The Bertz CT molecular complexity index is 593. The van der Waals surface area contributed by atoms with Gasteiger partial charge in [-0.05, 0) is 49.1 Å². The van der Waals surface area contributed by atoms with Crippen molar-refractivity contribution in [2.75, 3.05) is 12.0 Å². The lowest BCUT2D eigenvalue weighted by atomic mass is 9.96. The van der Waals surface area contributed by atoms with Crippen molar-refractivity contribution in [3.05, 3.63) is 59.7 Å². The molecule has 1 atom stereocenters. The molecule has 1 aliphatic rings. The van der Waals surface area contributed by atoms with Gasteiger partial charge in [-0.3, -0.25) is 0 Å². The number of ether oxygens (including phenoxy) is 1. The molecule has 2 heteroatoms. The van der Waals surface area contributed by atoms with Crippen molar-refractivity contribution in [2.24, 2.45) is 0 Å². The second-order valence-electron chi connectivity index (χ2n) is 5.50. The minimum Gasteiger partial charge on any atom is -0.497 e. The molecule has 20 heavy (non-hydrogen) atoms. The molecule has 0 N–H and O–H groups in total. The van der Waals surface area contributed by atoms with Gasteiger partial charge in [0.25, 0.3) is 0 Å². The maximum atomic E-state index is 5.32. The fraction of sp³-hybridized carbons (Fsp3) is 0.333. The minimum absolute atomic E-state index is 0.580. The smallest absolute Gasteiger partial charge is 0.119 e. The number of fused-ring (bicyclic) bond motifs is 1. The molecule has 0 fully saturated rings. The summed E-state index contributed by atoms with van der Waals surface area (Å²) in [5, 5.41) is 0. The van der Waals surface area contributed by atoms with Gasteiger partial charge in [0, 0.05) is 18.3 Å². The maximum Gasteiger partial charge on any atom is 0.119 e. The summed E-state index contributed by atoms with van der Waals surface area (Å²) in [5.41, 5.74) is 4.15. The Hall–Kier alpha value is -1.96. The quantitative estimate of drug-likeness (QED) is 0.832. The fourth-order valence-electron chi connectivity index (χ4n) is 2.97. The van der Waals surface area contributed by atoms with E-state index in [-0.39, 0.29) is 0 Å². The fourth-order valence-corrected chi connectivity index (χ4v) is 2.97. The molecule has 104 valence electrons. The van der Waals surface area contributed by atoms with Gasteiger partial charge in [-0.2, -0.15) is 0 Å². The molecule has 0 aliphatic carbocycles. The van der Waals surface area contributed by atoms with E-state index in [4.69, 9.17) is 4.74 Å². The second-order valence-corrected chi connectivity index (χ2v) is 5.50. The average Bonchev–Trinajstić information content (AvgIpc) is 2.50. The zero-order valence-corrected chi connectivity index (χ0v) is 12.2. The molecular formula is C18H21NO. The van der Waals surface area contributed by atoms with E-state index in [1.54, 1.807) is 7.11 Å². The number of para-hydroxylation sites is 1. The van der Waals surface area contributed by atoms with Crippen LogP contribution in [0.5, 0.6) is 5.75 Å². The van der Waals surface area contributed by atoms with E-state index in [1.165, 1.54) is 29.7 Å². The number of hydrogen-bond donors (Lipinski definition) is 0. The summed E-state index contributed by atoms with van der Waals surface area (Å²) in [6, 6.07) is 17.7. The number of nitrogens with zero attached hydrogens (tertiary/aromatic N) is 1. The van der Waals surface area contributed by atoms with Crippen LogP contribution < -0.4 is 9.64 Å². The van der Waals surface area contributed by atoms with E-state index in [0.29, 0.717) is 6.04 Å². The summed E-state index contributed by atoms with van der Waals surface area (Å²) >= 11 is 0. The molecule has 0 saturated heterocycles. The van der Waals surface area contributed by atoms with Crippen LogP contribution in [0.25, 0.3) is 0 Å². The third-order valence-electron chi connectivity index (χ3n) is 4.15. The maximum absolute atomic E-state index is 5.32.